The zero-order valence-corrected chi connectivity index (χ0v) is 13.2. The fourth-order valence-corrected chi connectivity index (χ4v) is 2.74. The van der Waals surface area contributed by atoms with Gasteiger partial charge >= 0.3 is 0 Å². The third-order valence-electron chi connectivity index (χ3n) is 4.17. The predicted octanol–water partition coefficient (Wildman–Crippen LogP) is 3.13. The lowest BCUT2D eigenvalue weighted by Gasteiger charge is -2.34. The molecule has 1 aliphatic heterocycles. The molecule has 2 N–H and O–H groups in total. The van der Waals surface area contributed by atoms with Crippen LogP contribution in [-0.2, 0) is 11.2 Å². The van der Waals surface area contributed by atoms with Gasteiger partial charge in [0.2, 0.25) is 5.91 Å². The Morgan fingerprint density at radius 1 is 1.25 bits per heavy atom. The third kappa shape index (κ3) is 4.41. The summed E-state index contributed by atoms with van der Waals surface area (Å²) in [6, 6.07) is 7.59. The van der Waals surface area contributed by atoms with E-state index < -0.39 is 0 Å². The molecule has 0 saturated carbocycles. The van der Waals surface area contributed by atoms with Gasteiger partial charge < -0.3 is 10.6 Å². The first-order valence-corrected chi connectivity index (χ1v) is 7.18. The Balaban J connectivity index is 0.00000200. The van der Waals surface area contributed by atoms with Gasteiger partial charge in [-0.15, -0.1) is 12.4 Å². The Hall–Kier alpha value is -1.22. The molecule has 0 atom stereocenters. The van der Waals surface area contributed by atoms with Crippen molar-refractivity contribution in [2.45, 2.75) is 33.1 Å². The highest BCUT2D eigenvalue weighted by atomic mass is 35.5. The molecule has 1 aliphatic rings. The Morgan fingerprint density at radius 2 is 1.80 bits per heavy atom. The van der Waals surface area contributed by atoms with Crippen LogP contribution in [0.3, 0.4) is 0 Å². The molecule has 0 aliphatic carbocycles. The Kier molecular flexibility index (Phi) is 6.34. The quantitative estimate of drug-likeness (QED) is 0.871. The van der Waals surface area contributed by atoms with Gasteiger partial charge in [-0.3, -0.25) is 4.79 Å². The van der Waals surface area contributed by atoms with Gasteiger partial charge in [0.25, 0.3) is 0 Å². The van der Waals surface area contributed by atoms with Crippen molar-refractivity contribution in [2.75, 3.05) is 18.8 Å². The average molecular weight is 297 g/mol. The molecule has 1 aromatic rings. The molecule has 0 spiro atoms. The van der Waals surface area contributed by atoms with Gasteiger partial charge in [-0.05, 0) is 42.4 Å². The number of carbonyl (C=O) groups is 1. The van der Waals surface area contributed by atoms with E-state index >= 15 is 0 Å². The number of nitrogens with zero attached hydrogens (tertiary/aromatic N) is 1. The van der Waals surface area contributed by atoms with Gasteiger partial charge in [0.1, 0.15) is 0 Å². The molecule has 3 nitrogen and oxygen atoms in total. The van der Waals surface area contributed by atoms with Crippen LogP contribution in [0.1, 0.15) is 32.3 Å². The number of hydrogen-bond acceptors (Lipinski definition) is 2. The van der Waals surface area contributed by atoms with Crippen LogP contribution in [0, 0.1) is 11.8 Å². The van der Waals surface area contributed by atoms with E-state index in [1.54, 1.807) is 0 Å². The van der Waals surface area contributed by atoms with E-state index in [0.29, 0.717) is 6.42 Å². The van der Waals surface area contributed by atoms with E-state index in [2.05, 4.69) is 13.8 Å². The normalized spacial score (nSPS) is 16.1. The van der Waals surface area contributed by atoms with Crippen LogP contribution < -0.4 is 5.73 Å². The van der Waals surface area contributed by atoms with Crippen LogP contribution in [0.15, 0.2) is 24.3 Å². The van der Waals surface area contributed by atoms with Gasteiger partial charge in [0, 0.05) is 18.8 Å². The van der Waals surface area contributed by atoms with Crippen molar-refractivity contribution < 1.29 is 4.79 Å². The number of rotatable bonds is 3. The van der Waals surface area contributed by atoms with E-state index in [9.17, 15) is 4.79 Å². The van der Waals surface area contributed by atoms with Crippen LogP contribution in [0.5, 0.6) is 0 Å². The maximum absolute atomic E-state index is 12.2. The van der Waals surface area contributed by atoms with Crippen LogP contribution in [0.25, 0.3) is 0 Å². The molecule has 2 rings (SSSR count). The lowest BCUT2D eigenvalue weighted by Crippen LogP contribution is -2.40. The molecule has 0 unspecified atom stereocenters. The van der Waals surface area contributed by atoms with E-state index in [1.807, 2.05) is 29.2 Å². The molecular formula is C16H25ClN2O. The number of hydrogen-bond donors (Lipinski definition) is 1. The minimum atomic E-state index is 0. The molecule has 1 aromatic carbocycles. The zero-order valence-electron chi connectivity index (χ0n) is 12.3. The standard InChI is InChI=1S/C16H24N2O.ClH/c1-12(2)14-7-9-18(10-8-14)16(19)11-13-3-5-15(17)6-4-13;/h3-6,12,14H,7-11,17H2,1-2H3;1H. The number of halogens is 1. The minimum Gasteiger partial charge on any atom is -0.399 e. The van der Waals surface area contributed by atoms with Crippen molar-refractivity contribution >= 4 is 24.0 Å². The number of likely N-dealkylation sites (tertiary alicyclic amines) is 1. The molecule has 20 heavy (non-hydrogen) atoms. The zero-order chi connectivity index (χ0) is 13.8. The fraction of sp³-hybridized carbons (Fsp3) is 0.562. The first-order chi connectivity index (χ1) is 9.06. The fourth-order valence-electron chi connectivity index (χ4n) is 2.74. The predicted molar refractivity (Wildman–Crippen MR) is 85.9 cm³/mol. The summed E-state index contributed by atoms with van der Waals surface area (Å²) in [5.74, 6) is 1.75. The second-order valence-corrected chi connectivity index (χ2v) is 5.88. The molecule has 112 valence electrons. The highest BCUT2D eigenvalue weighted by Crippen LogP contribution is 2.24. The molecule has 0 aromatic heterocycles. The largest absolute Gasteiger partial charge is 0.399 e. The summed E-state index contributed by atoms with van der Waals surface area (Å²) in [6.07, 6.45) is 2.78. The summed E-state index contributed by atoms with van der Waals surface area (Å²) in [5.41, 5.74) is 7.44. The second-order valence-electron chi connectivity index (χ2n) is 5.88. The number of nitrogens with two attached hydrogens (primary N) is 1. The summed E-state index contributed by atoms with van der Waals surface area (Å²) in [6.45, 7) is 6.38. The molecule has 0 bridgehead atoms. The molecule has 0 radical (unpaired) electrons. The van der Waals surface area contributed by atoms with E-state index in [4.69, 9.17) is 5.73 Å². The van der Waals surface area contributed by atoms with Gasteiger partial charge in [-0.2, -0.15) is 0 Å². The summed E-state index contributed by atoms with van der Waals surface area (Å²) in [4.78, 5) is 14.2. The number of nitrogen functional groups attached to an aromatic ring is 1. The SMILES string of the molecule is CC(C)C1CCN(C(=O)Cc2ccc(N)cc2)CC1.Cl. The van der Waals surface area contributed by atoms with Crippen molar-refractivity contribution in [3.05, 3.63) is 29.8 Å². The second kappa shape index (κ2) is 7.53. The molecular weight excluding hydrogens is 272 g/mol. The lowest BCUT2D eigenvalue weighted by molar-refractivity contribution is -0.132. The summed E-state index contributed by atoms with van der Waals surface area (Å²) in [7, 11) is 0. The highest BCUT2D eigenvalue weighted by Gasteiger charge is 2.24. The third-order valence-corrected chi connectivity index (χ3v) is 4.17. The molecule has 1 amide bonds. The number of anilines is 1. The van der Waals surface area contributed by atoms with Gasteiger partial charge in [-0.1, -0.05) is 26.0 Å². The Morgan fingerprint density at radius 3 is 2.30 bits per heavy atom. The van der Waals surface area contributed by atoms with E-state index in [1.165, 1.54) is 0 Å². The highest BCUT2D eigenvalue weighted by molar-refractivity contribution is 5.85. The van der Waals surface area contributed by atoms with Crippen LogP contribution >= 0.6 is 12.4 Å². The van der Waals surface area contributed by atoms with Crippen molar-refractivity contribution in [1.29, 1.82) is 0 Å². The van der Waals surface area contributed by atoms with Crippen molar-refractivity contribution in [2.24, 2.45) is 11.8 Å². The number of carbonyl (C=O) groups excluding carboxylic acids is 1. The van der Waals surface area contributed by atoms with Gasteiger partial charge in [0.15, 0.2) is 0 Å². The smallest absolute Gasteiger partial charge is 0.226 e. The van der Waals surface area contributed by atoms with Crippen LogP contribution in [0.2, 0.25) is 0 Å². The first-order valence-electron chi connectivity index (χ1n) is 7.18. The van der Waals surface area contributed by atoms with Gasteiger partial charge in [-0.25, -0.2) is 0 Å². The van der Waals surface area contributed by atoms with Crippen molar-refractivity contribution in [3.8, 4) is 0 Å². The Bertz CT molecular complexity index is 423. The maximum atomic E-state index is 12.2. The van der Waals surface area contributed by atoms with Crippen molar-refractivity contribution in [3.63, 3.8) is 0 Å². The number of piperidine rings is 1. The summed E-state index contributed by atoms with van der Waals surface area (Å²) < 4.78 is 0. The molecule has 1 fully saturated rings. The van der Waals surface area contributed by atoms with Gasteiger partial charge in [0.05, 0.1) is 6.42 Å². The Labute approximate surface area is 127 Å². The summed E-state index contributed by atoms with van der Waals surface area (Å²) >= 11 is 0. The monoisotopic (exact) mass is 296 g/mol. The first kappa shape index (κ1) is 16.8. The molecule has 4 heteroatoms. The van der Waals surface area contributed by atoms with Crippen molar-refractivity contribution in [1.82, 2.24) is 4.90 Å². The topological polar surface area (TPSA) is 46.3 Å². The number of benzene rings is 1. The summed E-state index contributed by atoms with van der Waals surface area (Å²) in [5, 5.41) is 0. The minimum absolute atomic E-state index is 0. The maximum Gasteiger partial charge on any atom is 0.226 e. The molecule has 1 heterocycles. The van der Waals surface area contributed by atoms with E-state index in [-0.39, 0.29) is 18.3 Å². The average Bonchev–Trinajstić information content (AvgIpc) is 2.41. The molecule has 1 saturated heterocycles. The van der Waals surface area contributed by atoms with Crippen LogP contribution in [0.4, 0.5) is 5.69 Å². The van der Waals surface area contributed by atoms with Crippen LogP contribution in [-0.4, -0.2) is 23.9 Å². The van der Waals surface area contributed by atoms with E-state index in [0.717, 1.165) is 49.0 Å². The lowest BCUT2D eigenvalue weighted by atomic mass is 9.86. The number of amides is 1.